The second-order valence-corrected chi connectivity index (χ2v) is 2.47. The van der Waals surface area contributed by atoms with E-state index in [2.05, 4.69) is 27.0 Å². The maximum absolute atomic E-state index is 5.62. The molecule has 0 heterocycles. The summed E-state index contributed by atoms with van der Waals surface area (Å²) >= 11 is 0. The highest BCUT2D eigenvalue weighted by molar-refractivity contribution is 5.29. The summed E-state index contributed by atoms with van der Waals surface area (Å²) in [5, 5.41) is 0. The van der Waals surface area contributed by atoms with E-state index in [-0.39, 0.29) is 0 Å². The molecule has 1 nitrogen and oxygen atoms in total. The van der Waals surface area contributed by atoms with E-state index in [9.17, 15) is 0 Å². The van der Waals surface area contributed by atoms with Gasteiger partial charge in [0.05, 0.1) is 0 Å². The van der Waals surface area contributed by atoms with Crippen LogP contribution in [0.25, 0.3) is 0 Å². The van der Waals surface area contributed by atoms with Crippen LogP contribution in [0.2, 0.25) is 0 Å². The molecule has 0 aliphatic heterocycles. The molecule has 0 saturated heterocycles. The zero-order chi connectivity index (χ0) is 8.15. The fourth-order valence-electron chi connectivity index (χ4n) is 0.805. The zero-order valence-corrected chi connectivity index (χ0v) is 6.72. The van der Waals surface area contributed by atoms with E-state index in [1.54, 1.807) is 12.2 Å². The average molecular weight is 137 g/mol. The highest BCUT2D eigenvalue weighted by Gasteiger charge is 2.00. The van der Waals surface area contributed by atoms with Crippen LogP contribution in [0, 0.1) is 5.92 Å². The lowest BCUT2D eigenvalue weighted by atomic mass is 10.0. The van der Waals surface area contributed by atoms with Crippen molar-refractivity contribution in [2.45, 2.75) is 13.8 Å². The van der Waals surface area contributed by atoms with Crippen LogP contribution in [-0.4, -0.2) is 0 Å². The average Bonchev–Trinajstić information content (AvgIpc) is 1.88. The third-order valence-electron chi connectivity index (χ3n) is 1.40. The van der Waals surface area contributed by atoms with Crippen LogP contribution in [0.15, 0.2) is 36.6 Å². The van der Waals surface area contributed by atoms with Gasteiger partial charge in [0.15, 0.2) is 0 Å². The standard InChI is InChI=1S/C9H15N/c1-5-8(7(3)4)9(10)6-2/h5-7H,1-2,10H2,3-4H3/b9-8-. The monoisotopic (exact) mass is 137 g/mol. The molecule has 0 amide bonds. The van der Waals surface area contributed by atoms with E-state index in [1.807, 2.05) is 0 Å². The molecule has 0 aromatic heterocycles. The van der Waals surface area contributed by atoms with E-state index < -0.39 is 0 Å². The summed E-state index contributed by atoms with van der Waals surface area (Å²) in [6.07, 6.45) is 3.43. The third-order valence-corrected chi connectivity index (χ3v) is 1.40. The number of allylic oxidation sites excluding steroid dienone is 3. The highest BCUT2D eigenvalue weighted by atomic mass is 14.6. The first kappa shape index (κ1) is 9.02. The van der Waals surface area contributed by atoms with Gasteiger partial charge in [-0.2, -0.15) is 0 Å². The molecule has 0 bridgehead atoms. The Labute approximate surface area is 62.9 Å². The Morgan fingerprint density at radius 3 is 1.90 bits per heavy atom. The van der Waals surface area contributed by atoms with Crippen LogP contribution in [0.3, 0.4) is 0 Å². The summed E-state index contributed by atoms with van der Waals surface area (Å²) in [5.41, 5.74) is 7.41. The zero-order valence-electron chi connectivity index (χ0n) is 6.72. The minimum absolute atomic E-state index is 0.426. The van der Waals surface area contributed by atoms with Crippen LogP contribution < -0.4 is 5.73 Å². The van der Waals surface area contributed by atoms with Gasteiger partial charge in [0.2, 0.25) is 0 Å². The molecule has 0 unspecified atom stereocenters. The Morgan fingerprint density at radius 1 is 1.30 bits per heavy atom. The minimum Gasteiger partial charge on any atom is -0.399 e. The predicted octanol–water partition coefficient (Wildman–Crippen LogP) is 2.23. The van der Waals surface area contributed by atoms with E-state index in [4.69, 9.17) is 5.73 Å². The summed E-state index contributed by atoms with van der Waals surface area (Å²) in [5.74, 6) is 0.426. The second kappa shape index (κ2) is 3.94. The summed E-state index contributed by atoms with van der Waals surface area (Å²) in [6, 6.07) is 0. The maximum atomic E-state index is 5.62. The van der Waals surface area contributed by atoms with Gasteiger partial charge >= 0.3 is 0 Å². The fourth-order valence-corrected chi connectivity index (χ4v) is 0.805. The molecule has 0 aromatic carbocycles. The Kier molecular flexibility index (Phi) is 3.55. The molecule has 0 spiro atoms. The van der Waals surface area contributed by atoms with Crippen molar-refractivity contribution in [3.63, 3.8) is 0 Å². The number of rotatable bonds is 3. The molecule has 0 aromatic rings. The lowest BCUT2D eigenvalue weighted by Gasteiger charge is -2.07. The summed E-state index contributed by atoms with van der Waals surface area (Å²) < 4.78 is 0. The smallest absolute Gasteiger partial charge is 0.0343 e. The molecule has 0 rings (SSSR count). The van der Waals surface area contributed by atoms with Crippen molar-refractivity contribution in [2.75, 3.05) is 0 Å². The number of hydrogen-bond acceptors (Lipinski definition) is 1. The van der Waals surface area contributed by atoms with Gasteiger partial charge in [0, 0.05) is 5.70 Å². The van der Waals surface area contributed by atoms with Crippen molar-refractivity contribution in [3.8, 4) is 0 Å². The molecule has 0 aliphatic rings. The van der Waals surface area contributed by atoms with Crippen molar-refractivity contribution < 1.29 is 0 Å². The molecule has 10 heavy (non-hydrogen) atoms. The Bertz CT molecular complexity index is 164. The quantitative estimate of drug-likeness (QED) is 0.593. The first-order valence-corrected chi connectivity index (χ1v) is 3.38. The molecule has 0 fully saturated rings. The first-order chi connectivity index (χ1) is 4.63. The minimum atomic E-state index is 0.426. The molecule has 0 aliphatic carbocycles. The largest absolute Gasteiger partial charge is 0.399 e. The van der Waals surface area contributed by atoms with Crippen LogP contribution >= 0.6 is 0 Å². The number of hydrogen-bond donors (Lipinski definition) is 1. The van der Waals surface area contributed by atoms with Crippen molar-refractivity contribution >= 4 is 0 Å². The topological polar surface area (TPSA) is 26.0 Å². The third kappa shape index (κ3) is 2.09. The van der Waals surface area contributed by atoms with Gasteiger partial charge in [-0.1, -0.05) is 33.1 Å². The Morgan fingerprint density at radius 2 is 1.80 bits per heavy atom. The van der Waals surface area contributed by atoms with Crippen molar-refractivity contribution in [1.82, 2.24) is 0 Å². The van der Waals surface area contributed by atoms with Gasteiger partial charge in [0.1, 0.15) is 0 Å². The van der Waals surface area contributed by atoms with Gasteiger partial charge in [-0.15, -0.1) is 0 Å². The molecule has 0 radical (unpaired) electrons. The molecule has 1 heteroatoms. The Balaban J connectivity index is 4.61. The maximum Gasteiger partial charge on any atom is 0.0343 e. The normalized spacial score (nSPS) is 12.7. The lowest BCUT2D eigenvalue weighted by molar-refractivity contribution is 0.782. The second-order valence-electron chi connectivity index (χ2n) is 2.47. The summed E-state index contributed by atoms with van der Waals surface area (Å²) in [4.78, 5) is 0. The van der Waals surface area contributed by atoms with Crippen LogP contribution in [0.5, 0.6) is 0 Å². The van der Waals surface area contributed by atoms with Gasteiger partial charge in [-0.3, -0.25) is 0 Å². The summed E-state index contributed by atoms with van der Waals surface area (Å²) in [7, 11) is 0. The van der Waals surface area contributed by atoms with Gasteiger partial charge in [0.25, 0.3) is 0 Å². The van der Waals surface area contributed by atoms with Crippen molar-refractivity contribution in [1.29, 1.82) is 0 Å². The molecular formula is C9H15N. The summed E-state index contributed by atoms with van der Waals surface area (Å²) in [6.45, 7) is 11.4. The van der Waals surface area contributed by atoms with E-state index >= 15 is 0 Å². The van der Waals surface area contributed by atoms with Crippen molar-refractivity contribution in [3.05, 3.63) is 36.6 Å². The highest BCUT2D eigenvalue weighted by Crippen LogP contribution is 2.12. The molecular weight excluding hydrogens is 122 g/mol. The Hall–Kier alpha value is -0.980. The van der Waals surface area contributed by atoms with Crippen LogP contribution in [0.1, 0.15) is 13.8 Å². The predicted molar refractivity (Wildman–Crippen MR) is 46.4 cm³/mol. The van der Waals surface area contributed by atoms with Crippen LogP contribution in [-0.2, 0) is 0 Å². The van der Waals surface area contributed by atoms with E-state index in [1.165, 1.54) is 0 Å². The van der Waals surface area contributed by atoms with E-state index in [0.29, 0.717) is 5.92 Å². The molecule has 2 N–H and O–H groups in total. The van der Waals surface area contributed by atoms with Gasteiger partial charge < -0.3 is 5.73 Å². The first-order valence-electron chi connectivity index (χ1n) is 3.38. The number of nitrogens with two attached hydrogens (primary N) is 1. The fraction of sp³-hybridized carbons (Fsp3) is 0.333. The molecule has 0 saturated carbocycles. The molecule has 0 atom stereocenters. The molecule has 56 valence electrons. The SMILES string of the molecule is C=C/C(N)=C(\C=C)C(C)C. The van der Waals surface area contributed by atoms with Crippen molar-refractivity contribution in [2.24, 2.45) is 11.7 Å². The van der Waals surface area contributed by atoms with Gasteiger partial charge in [-0.25, -0.2) is 0 Å². The van der Waals surface area contributed by atoms with Crippen LogP contribution in [0.4, 0.5) is 0 Å². The van der Waals surface area contributed by atoms with Gasteiger partial charge in [-0.05, 0) is 17.6 Å². The van der Waals surface area contributed by atoms with E-state index in [0.717, 1.165) is 11.3 Å². The lowest BCUT2D eigenvalue weighted by Crippen LogP contribution is -2.02.